The zero-order valence-corrected chi connectivity index (χ0v) is 8.31. The van der Waals surface area contributed by atoms with E-state index in [1.807, 2.05) is 12.1 Å². The number of hydrogen-bond donors (Lipinski definition) is 1. The van der Waals surface area contributed by atoms with Gasteiger partial charge in [-0.1, -0.05) is 23.7 Å². The first-order valence-electron chi connectivity index (χ1n) is 4.17. The normalized spacial score (nSPS) is 15.4. The SMILES string of the molecule is CC(F)(CN)Cc1ccc(Cl)cc1. The fourth-order valence-electron chi connectivity index (χ4n) is 1.10. The molecule has 2 N–H and O–H groups in total. The highest BCUT2D eigenvalue weighted by Crippen LogP contribution is 2.17. The first kappa shape index (κ1) is 10.5. The van der Waals surface area contributed by atoms with Crippen LogP contribution in [0.5, 0.6) is 0 Å². The summed E-state index contributed by atoms with van der Waals surface area (Å²) >= 11 is 5.70. The van der Waals surface area contributed by atoms with Crippen molar-refractivity contribution in [2.45, 2.75) is 19.0 Å². The summed E-state index contributed by atoms with van der Waals surface area (Å²) in [6.45, 7) is 1.54. The molecule has 13 heavy (non-hydrogen) atoms. The van der Waals surface area contributed by atoms with Crippen LogP contribution >= 0.6 is 11.6 Å². The van der Waals surface area contributed by atoms with E-state index in [0.29, 0.717) is 11.4 Å². The maximum atomic E-state index is 13.4. The van der Waals surface area contributed by atoms with Gasteiger partial charge in [-0.2, -0.15) is 0 Å². The molecule has 0 aliphatic carbocycles. The van der Waals surface area contributed by atoms with Crippen LogP contribution in [0.4, 0.5) is 4.39 Å². The average molecular weight is 202 g/mol. The van der Waals surface area contributed by atoms with E-state index in [4.69, 9.17) is 17.3 Å². The number of rotatable bonds is 3. The van der Waals surface area contributed by atoms with Crippen LogP contribution in [0, 0.1) is 0 Å². The third-order valence-electron chi connectivity index (χ3n) is 1.91. The molecule has 0 spiro atoms. The highest BCUT2D eigenvalue weighted by atomic mass is 35.5. The van der Waals surface area contributed by atoms with Crippen LogP contribution in [-0.4, -0.2) is 12.2 Å². The first-order chi connectivity index (χ1) is 6.03. The van der Waals surface area contributed by atoms with Crippen molar-refractivity contribution in [3.8, 4) is 0 Å². The minimum Gasteiger partial charge on any atom is -0.328 e. The van der Waals surface area contributed by atoms with E-state index >= 15 is 0 Å². The Bertz CT molecular complexity index is 269. The lowest BCUT2D eigenvalue weighted by Gasteiger charge is -2.17. The third kappa shape index (κ3) is 3.33. The molecule has 1 aromatic carbocycles. The molecule has 1 nitrogen and oxygen atoms in total. The maximum Gasteiger partial charge on any atom is 0.124 e. The second kappa shape index (κ2) is 4.07. The van der Waals surface area contributed by atoms with Crippen molar-refractivity contribution in [2.75, 3.05) is 6.54 Å². The highest BCUT2D eigenvalue weighted by Gasteiger charge is 2.20. The van der Waals surface area contributed by atoms with Gasteiger partial charge in [0.25, 0.3) is 0 Å². The first-order valence-corrected chi connectivity index (χ1v) is 4.55. The highest BCUT2D eigenvalue weighted by molar-refractivity contribution is 6.30. The van der Waals surface area contributed by atoms with Crippen molar-refractivity contribution in [1.29, 1.82) is 0 Å². The number of halogens is 2. The lowest BCUT2D eigenvalue weighted by molar-refractivity contribution is 0.200. The van der Waals surface area contributed by atoms with Gasteiger partial charge in [-0.25, -0.2) is 4.39 Å². The Kier molecular flexibility index (Phi) is 3.28. The van der Waals surface area contributed by atoms with Gasteiger partial charge in [0.2, 0.25) is 0 Å². The average Bonchev–Trinajstić information content (AvgIpc) is 2.09. The summed E-state index contributed by atoms with van der Waals surface area (Å²) in [6, 6.07) is 7.14. The smallest absolute Gasteiger partial charge is 0.124 e. The molecule has 0 heterocycles. The summed E-state index contributed by atoms with van der Waals surface area (Å²) in [4.78, 5) is 0. The summed E-state index contributed by atoms with van der Waals surface area (Å²) in [7, 11) is 0. The van der Waals surface area contributed by atoms with Crippen molar-refractivity contribution in [3.63, 3.8) is 0 Å². The van der Waals surface area contributed by atoms with Gasteiger partial charge in [-0.15, -0.1) is 0 Å². The van der Waals surface area contributed by atoms with Gasteiger partial charge in [-0.05, 0) is 24.6 Å². The summed E-state index contributed by atoms with van der Waals surface area (Å²) in [6.07, 6.45) is 0.334. The van der Waals surface area contributed by atoms with Gasteiger partial charge in [0, 0.05) is 18.0 Å². The van der Waals surface area contributed by atoms with E-state index in [1.165, 1.54) is 6.92 Å². The van der Waals surface area contributed by atoms with Crippen LogP contribution in [0.15, 0.2) is 24.3 Å². The van der Waals surface area contributed by atoms with Crippen LogP contribution in [0.3, 0.4) is 0 Å². The van der Waals surface area contributed by atoms with Crippen molar-refractivity contribution in [3.05, 3.63) is 34.9 Å². The lowest BCUT2D eigenvalue weighted by Crippen LogP contribution is -2.31. The standard InChI is InChI=1S/C10H13ClFN/c1-10(12,7-13)6-8-2-4-9(11)5-3-8/h2-5H,6-7,13H2,1H3. The minimum absolute atomic E-state index is 0.0373. The van der Waals surface area contributed by atoms with Gasteiger partial charge in [0.05, 0.1) is 0 Å². The Morgan fingerprint density at radius 1 is 1.38 bits per heavy atom. The van der Waals surface area contributed by atoms with Crippen LogP contribution in [0.1, 0.15) is 12.5 Å². The molecule has 0 saturated carbocycles. The predicted molar refractivity (Wildman–Crippen MR) is 53.7 cm³/mol. The van der Waals surface area contributed by atoms with Crippen molar-refractivity contribution in [2.24, 2.45) is 5.73 Å². The van der Waals surface area contributed by atoms with Gasteiger partial charge in [0.15, 0.2) is 0 Å². The molecule has 0 amide bonds. The van der Waals surface area contributed by atoms with Gasteiger partial charge in [0.1, 0.15) is 5.67 Å². The van der Waals surface area contributed by atoms with Gasteiger partial charge in [-0.3, -0.25) is 0 Å². The van der Waals surface area contributed by atoms with Gasteiger partial charge < -0.3 is 5.73 Å². The molecule has 1 unspecified atom stereocenters. The van der Waals surface area contributed by atoms with Crippen LogP contribution < -0.4 is 5.73 Å². The van der Waals surface area contributed by atoms with E-state index in [9.17, 15) is 4.39 Å². The Balaban J connectivity index is 2.69. The summed E-state index contributed by atoms with van der Waals surface area (Å²) in [5.41, 5.74) is 4.87. The predicted octanol–water partition coefficient (Wildman–Crippen LogP) is 2.57. The second-order valence-electron chi connectivity index (χ2n) is 3.42. The summed E-state index contributed by atoms with van der Waals surface area (Å²) in [5.74, 6) is 0. The topological polar surface area (TPSA) is 26.0 Å². The zero-order valence-electron chi connectivity index (χ0n) is 7.56. The number of alkyl halides is 1. The third-order valence-corrected chi connectivity index (χ3v) is 2.16. The molecular formula is C10H13ClFN. The van der Waals surface area contributed by atoms with E-state index in [2.05, 4.69) is 0 Å². The zero-order chi connectivity index (χ0) is 9.90. The van der Waals surface area contributed by atoms with E-state index < -0.39 is 5.67 Å². The molecule has 0 aromatic heterocycles. The monoisotopic (exact) mass is 201 g/mol. The molecule has 1 rings (SSSR count). The molecule has 0 aliphatic heterocycles. The molecule has 0 aliphatic rings. The quantitative estimate of drug-likeness (QED) is 0.800. The Hall–Kier alpha value is -0.600. The second-order valence-corrected chi connectivity index (χ2v) is 3.86. The molecule has 72 valence electrons. The lowest BCUT2D eigenvalue weighted by atomic mass is 9.99. The van der Waals surface area contributed by atoms with E-state index in [0.717, 1.165) is 5.56 Å². The molecule has 1 aromatic rings. The van der Waals surface area contributed by atoms with Crippen LogP contribution in [-0.2, 0) is 6.42 Å². The minimum atomic E-state index is -1.33. The van der Waals surface area contributed by atoms with Gasteiger partial charge >= 0.3 is 0 Å². The van der Waals surface area contributed by atoms with Crippen LogP contribution in [0.25, 0.3) is 0 Å². The fraction of sp³-hybridized carbons (Fsp3) is 0.400. The van der Waals surface area contributed by atoms with Crippen LogP contribution in [0.2, 0.25) is 5.02 Å². The van der Waals surface area contributed by atoms with Crippen molar-refractivity contribution >= 4 is 11.6 Å². The molecule has 0 bridgehead atoms. The Morgan fingerprint density at radius 2 is 1.92 bits per heavy atom. The summed E-state index contributed by atoms with van der Waals surface area (Å²) < 4.78 is 13.4. The molecule has 1 atom stereocenters. The van der Waals surface area contributed by atoms with Crippen molar-refractivity contribution < 1.29 is 4.39 Å². The Morgan fingerprint density at radius 3 is 2.38 bits per heavy atom. The number of hydrogen-bond acceptors (Lipinski definition) is 1. The van der Waals surface area contributed by atoms with E-state index in [-0.39, 0.29) is 6.54 Å². The number of nitrogens with two attached hydrogens (primary N) is 1. The number of benzene rings is 1. The Labute approximate surface area is 82.7 Å². The molecular weight excluding hydrogens is 189 g/mol. The molecule has 0 fully saturated rings. The molecule has 3 heteroatoms. The largest absolute Gasteiger partial charge is 0.328 e. The van der Waals surface area contributed by atoms with Crippen molar-refractivity contribution in [1.82, 2.24) is 0 Å². The van der Waals surface area contributed by atoms with E-state index in [1.54, 1.807) is 12.1 Å². The fourth-order valence-corrected chi connectivity index (χ4v) is 1.23. The maximum absolute atomic E-state index is 13.4. The molecule has 0 saturated heterocycles. The summed E-state index contributed by atoms with van der Waals surface area (Å²) in [5, 5.41) is 0.664. The molecule has 0 radical (unpaired) electrons.